The molecule has 0 atom stereocenters. The second kappa shape index (κ2) is 3.58. The standard InChI is InChI=1S/C4H3N3O5.H3N/c8-2-1(7(11)12)3(9)6-4(10)5-2;/h1H,(H2-,5,6,8,9,10,11,12);1H3/p+1. The summed E-state index contributed by atoms with van der Waals surface area (Å²) in [6, 6.07) is -2.93. The molecule has 0 radical (unpaired) electrons. The lowest BCUT2D eigenvalue weighted by Crippen LogP contribution is -2.61. The van der Waals surface area contributed by atoms with Crippen molar-refractivity contribution in [2.24, 2.45) is 0 Å². The summed E-state index contributed by atoms with van der Waals surface area (Å²) >= 11 is 0. The van der Waals surface area contributed by atoms with Crippen molar-refractivity contribution in [3.63, 3.8) is 0 Å². The molecular weight excluding hydrogens is 184 g/mol. The van der Waals surface area contributed by atoms with Crippen LogP contribution in [-0.4, -0.2) is 34.0 Å². The Hall–Kier alpha value is -2.03. The van der Waals surface area contributed by atoms with Gasteiger partial charge in [0.25, 0.3) is 0 Å². The van der Waals surface area contributed by atoms with Crippen LogP contribution in [0.15, 0.2) is 0 Å². The van der Waals surface area contributed by atoms with Crippen molar-refractivity contribution in [2.75, 3.05) is 0 Å². The molecule has 1 aliphatic rings. The highest BCUT2D eigenvalue weighted by Gasteiger charge is 2.47. The van der Waals surface area contributed by atoms with Crippen molar-refractivity contribution in [2.45, 2.75) is 6.04 Å². The maximum atomic E-state index is 10.7. The highest BCUT2D eigenvalue weighted by molar-refractivity contribution is 6.17. The van der Waals surface area contributed by atoms with E-state index >= 15 is 0 Å². The fourth-order valence-electron chi connectivity index (χ4n) is 0.711. The Labute approximate surface area is 71.2 Å². The lowest BCUT2D eigenvalue weighted by molar-refractivity contribution is -0.797. The number of imide groups is 2. The van der Waals surface area contributed by atoms with E-state index in [9.17, 15) is 19.3 Å². The molecule has 0 unspecified atom stereocenters. The Morgan fingerprint density at radius 2 is 1.54 bits per heavy atom. The first kappa shape index (κ1) is 11.0. The predicted octanol–water partition coefficient (Wildman–Crippen LogP) is -1.95. The summed E-state index contributed by atoms with van der Waals surface area (Å²) < 4.78 is 0. The van der Waals surface area contributed by atoms with E-state index in [1.54, 1.807) is 10.6 Å². The van der Waals surface area contributed by atoms with Crippen LogP contribution >= 0.6 is 0 Å². The minimum absolute atomic E-state index is 0. The Morgan fingerprint density at radius 1 is 1.15 bits per heavy atom. The third-order valence-electron chi connectivity index (χ3n) is 1.19. The van der Waals surface area contributed by atoms with E-state index in [-0.39, 0.29) is 6.15 Å². The number of hydrogen-bond acceptors (Lipinski definition) is 5. The number of carbonyl (C=O) groups excluding carboxylic acids is 3. The molecule has 1 heterocycles. The largest absolute Gasteiger partial charge is 0.410 e. The summed E-state index contributed by atoms with van der Waals surface area (Å²) in [5.41, 5.74) is 0. The average Bonchev–Trinajstić information content (AvgIpc) is 1.82. The highest BCUT2D eigenvalue weighted by atomic mass is 16.6. The van der Waals surface area contributed by atoms with Gasteiger partial charge in [0.15, 0.2) is 0 Å². The molecule has 9 nitrogen and oxygen atoms in total. The summed E-state index contributed by atoms with van der Waals surface area (Å²) in [6.07, 6.45) is 0. The highest BCUT2D eigenvalue weighted by Crippen LogP contribution is 1.94. The monoisotopic (exact) mass is 191 g/mol. The maximum Gasteiger partial charge on any atom is 0.410 e. The molecule has 0 bridgehead atoms. The number of urea groups is 1. The van der Waals surface area contributed by atoms with Gasteiger partial charge in [0.2, 0.25) is 4.92 Å². The zero-order valence-electron chi connectivity index (χ0n) is 6.31. The van der Waals surface area contributed by atoms with Gasteiger partial charge in [-0.15, -0.1) is 0 Å². The van der Waals surface area contributed by atoms with Crippen molar-refractivity contribution in [3.8, 4) is 0 Å². The van der Waals surface area contributed by atoms with E-state index in [1.807, 2.05) is 0 Å². The van der Waals surface area contributed by atoms with Crippen molar-refractivity contribution >= 4 is 17.8 Å². The number of hydrogen-bond donors (Lipinski definition) is 4. The van der Waals surface area contributed by atoms with E-state index in [2.05, 4.69) is 0 Å². The van der Waals surface area contributed by atoms with Crippen LogP contribution < -0.4 is 16.8 Å². The summed E-state index contributed by atoms with van der Waals surface area (Å²) in [4.78, 5) is 41.1. The van der Waals surface area contributed by atoms with E-state index in [0.29, 0.717) is 0 Å². The fourth-order valence-corrected chi connectivity index (χ4v) is 0.711. The smallest absolute Gasteiger partial charge is 0.344 e. The lowest BCUT2D eigenvalue weighted by atomic mass is 10.2. The van der Waals surface area contributed by atoms with Crippen LogP contribution in [0.4, 0.5) is 4.79 Å². The van der Waals surface area contributed by atoms with Crippen molar-refractivity contribution in [1.82, 2.24) is 16.8 Å². The second-order valence-electron chi connectivity index (χ2n) is 2.01. The molecule has 0 spiro atoms. The van der Waals surface area contributed by atoms with E-state index in [4.69, 9.17) is 5.21 Å². The van der Waals surface area contributed by atoms with Gasteiger partial charge < -0.3 is 6.15 Å². The zero-order chi connectivity index (χ0) is 9.30. The molecule has 9 heteroatoms. The quantitative estimate of drug-likeness (QED) is 0.279. The van der Waals surface area contributed by atoms with E-state index in [1.165, 1.54) is 0 Å². The number of barbiturate groups is 1. The van der Waals surface area contributed by atoms with Crippen LogP contribution in [0.25, 0.3) is 0 Å². The van der Waals surface area contributed by atoms with Gasteiger partial charge in [0.05, 0.1) is 4.91 Å². The van der Waals surface area contributed by atoms with Gasteiger partial charge in [-0.2, -0.15) is 0 Å². The third kappa shape index (κ3) is 1.96. The van der Waals surface area contributed by atoms with Crippen molar-refractivity contribution in [1.29, 1.82) is 0 Å². The van der Waals surface area contributed by atoms with Crippen LogP contribution in [0.3, 0.4) is 0 Å². The zero-order valence-corrected chi connectivity index (χ0v) is 6.31. The minimum Gasteiger partial charge on any atom is -0.344 e. The fraction of sp³-hybridized carbons (Fsp3) is 0.250. The Kier molecular flexibility index (Phi) is 3.02. The number of nitrogens with zero attached hydrogens (tertiary/aromatic N) is 1. The van der Waals surface area contributed by atoms with Gasteiger partial charge >= 0.3 is 23.9 Å². The topological polar surface area (TPSA) is 151 Å². The van der Waals surface area contributed by atoms with Gasteiger partial charge in [0, 0.05) is 0 Å². The minimum atomic E-state index is -1.91. The van der Waals surface area contributed by atoms with E-state index in [0.717, 1.165) is 0 Å². The molecular formula is C4H7N4O5+. The lowest BCUT2D eigenvalue weighted by Gasteiger charge is -2.11. The molecule has 1 fully saturated rings. The van der Waals surface area contributed by atoms with Crippen molar-refractivity contribution < 1.29 is 24.5 Å². The van der Waals surface area contributed by atoms with Crippen LogP contribution in [0, 0.1) is 4.91 Å². The normalized spacial score (nSPS) is 17.1. The Balaban J connectivity index is 0.00000144. The predicted molar refractivity (Wildman–Crippen MR) is 35.9 cm³/mol. The van der Waals surface area contributed by atoms with Crippen molar-refractivity contribution in [3.05, 3.63) is 4.91 Å². The summed E-state index contributed by atoms with van der Waals surface area (Å²) in [6.45, 7) is 0. The third-order valence-corrected chi connectivity index (χ3v) is 1.19. The molecule has 1 saturated heterocycles. The van der Waals surface area contributed by atoms with E-state index < -0.39 is 28.8 Å². The van der Waals surface area contributed by atoms with Gasteiger partial charge in [0.1, 0.15) is 0 Å². The van der Waals surface area contributed by atoms with Crippen LogP contribution in [-0.2, 0) is 9.59 Å². The molecule has 4 amide bonds. The molecule has 0 aliphatic carbocycles. The molecule has 1 rings (SSSR count). The Morgan fingerprint density at radius 3 is 1.85 bits per heavy atom. The first-order valence-corrected chi connectivity index (χ1v) is 2.83. The summed E-state index contributed by atoms with van der Waals surface area (Å²) in [5, 5.41) is 11.5. The number of amides is 4. The summed E-state index contributed by atoms with van der Waals surface area (Å²) in [7, 11) is 0. The Bertz CT molecular complexity index is 266. The van der Waals surface area contributed by atoms with Crippen LogP contribution in [0.2, 0.25) is 0 Å². The first-order valence-electron chi connectivity index (χ1n) is 2.83. The van der Waals surface area contributed by atoms with Crippen LogP contribution in [0.5, 0.6) is 0 Å². The first-order chi connectivity index (χ1) is 5.52. The molecule has 0 aromatic heterocycles. The summed E-state index contributed by atoms with van der Waals surface area (Å²) in [5.74, 6) is -2.30. The molecule has 0 saturated carbocycles. The average molecular weight is 191 g/mol. The van der Waals surface area contributed by atoms with Gasteiger partial charge in [-0.25, -0.2) is 10.0 Å². The second-order valence-corrected chi connectivity index (χ2v) is 2.01. The maximum absolute atomic E-state index is 10.7. The van der Waals surface area contributed by atoms with Crippen LogP contribution in [0.1, 0.15) is 0 Å². The van der Waals surface area contributed by atoms with Gasteiger partial charge in [-0.3, -0.25) is 20.2 Å². The molecule has 0 aromatic rings. The molecule has 72 valence electrons. The molecule has 13 heavy (non-hydrogen) atoms. The van der Waals surface area contributed by atoms with Gasteiger partial charge in [-0.05, 0) is 0 Å². The molecule has 0 aromatic carbocycles. The SMILES string of the molecule is N.O=C1NC(=O)C([N+](=O)O)C(=O)N1. The van der Waals surface area contributed by atoms with Gasteiger partial charge in [-0.1, -0.05) is 0 Å². The number of rotatable bonds is 1. The molecule has 6 N–H and O–H groups in total. The number of nitrogens with one attached hydrogen (secondary N) is 2. The molecule has 1 aliphatic heterocycles. The number of carbonyl (C=O) groups is 3.